The Bertz CT molecular complexity index is 3400. The standard InChI is InChI=1S/C56H36N2S/c1-4-16-44(17-5-1)57(45-18-6-2-7-19-45)48-33-43(40-28-29-51-52-30-27-37-13-10-11-22-50(37)56(52)59-53(51)35-40)34-49(36-48)58(46-20-8-3-9-21-46)47-31-41-25-23-38-14-12-15-39-24-26-42(32-47)55(41)54(38)39/h1-36H. The van der Waals surface area contributed by atoms with E-state index in [4.69, 9.17) is 0 Å². The molecular weight excluding hydrogens is 733 g/mol. The fourth-order valence-electron chi connectivity index (χ4n) is 9.20. The highest BCUT2D eigenvalue weighted by molar-refractivity contribution is 7.26. The smallest absolute Gasteiger partial charge is 0.0488 e. The third kappa shape index (κ3) is 5.62. The molecule has 0 bridgehead atoms. The lowest BCUT2D eigenvalue weighted by Crippen LogP contribution is -2.13. The van der Waals surface area contributed by atoms with Crippen molar-refractivity contribution in [1.29, 1.82) is 0 Å². The maximum Gasteiger partial charge on any atom is 0.0488 e. The molecule has 1 aromatic heterocycles. The summed E-state index contributed by atoms with van der Waals surface area (Å²) < 4.78 is 2.63. The zero-order chi connectivity index (χ0) is 38.9. The molecule has 0 unspecified atom stereocenters. The molecule has 2 nitrogen and oxygen atoms in total. The SMILES string of the molecule is c1ccc(N(c2ccccc2)c2cc(-c3ccc4c(c3)sc3c5ccccc5ccc43)cc(N(c3ccccc3)c3cc4ccc5cccc6ccc(c3)c4c56)c2)cc1. The van der Waals surface area contributed by atoms with Crippen LogP contribution in [0.25, 0.3) is 74.4 Å². The van der Waals surface area contributed by atoms with Crippen LogP contribution in [0, 0.1) is 0 Å². The summed E-state index contributed by atoms with van der Waals surface area (Å²) >= 11 is 1.89. The Morgan fingerprint density at radius 2 is 0.746 bits per heavy atom. The summed E-state index contributed by atoms with van der Waals surface area (Å²) in [5, 5.41) is 12.9. The molecule has 0 aliphatic rings. The molecule has 0 saturated carbocycles. The minimum Gasteiger partial charge on any atom is -0.310 e. The average Bonchev–Trinajstić information content (AvgIpc) is 3.68. The molecule has 12 aromatic rings. The van der Waals surface area contributed by atoms with Crippen LogP contribution in [-0.4, -0.2) is 0 Å². The molecule has 0 saturated heterocycles. The topological polar surface area (TPSA) is 6.48 Å². The molecule has 3 heteroatoms. The van der Waals surface area contributed by atoms with E-state index in [0.29, 0.717) is 0 Å². The Kier molecular flexibility index (Phi) is 7.75. The van der Waals surface area contributed by atoms with Gasteiger partial charge >= 0.3 is 0 Å². The number of para-hydroxylation sites is 3. The van der Waals surface area contributed by atoms with Crippen molar-refractivity contribution >= 4 is 109 Å². The highest BCUT2D eigenvalue weighted by Crippen LogP contribution is 2.46. The summed E-state index contributed by atoms with van der Waals surface area (Å²) in [6.45, 7) is 0. The van der Waals surface area contributed by atoms with Crippen molar-refractivity contribution in [3.8, 4) is 11.1 Å². The fourth-order valence-corrected chi connectivity index (χ4v) is 10.5. The molecule has 1 heterocycles. The van der Waals surface area contributed by atoms with Gasteiger partial charge in [-0.1, -0.05) is 146 Å². The monoisotopic (exact) mass is 768 g/mol. The van der Waals surface area contributed by atoms with E-state index < -0.39 is 0 Å². The van der Waals surface area contributed by atoms with Crippen LogP contribution in [0.15, 0.2) is 218 Å². The minimum atomic E-state index is 1.08. The van der Waals surface area contributed by atoms with Gasteiger partial charge < -0.3 is 9.80 Å². The molecule has 0 amide bonds. The highest BCUT2D eigenvalue weighted by atomic mass is 32.1. The first-order chi connectivity index (χ1) is 29.2. The molecule has 59 heavy (non-hydrogen) atoms. The summed E-state index contributed by atoms with van der Waals surface area (Å²) in [5.74, 6) is 0. The third-order valence-electron chi connectivity index (χ3n) is 11.9. The lowest BCUT2D eigenvalue weighted by molar-refractivity contribution is 1.25. The maximum absolute atomic E-state index is 2.43. The van der Waals surface area contributed by atoms with Crippen LogP contribution < -0.4 is 9.80 Å². The molecular formula is C56H36N2S. The van der Waals surface area contributed by atoms with E-state index in [9.17, 15) is 0 Å². The number of thiophene rings is 1. The summed E-state index contributed by atoms with van der Waals surface area (Å²) in [6, 6.07) is 80.1. The van der Waals surface area contributed by atoms with Gasteiger partial charge in [0.05, 0.1) is 0 Å². The van der Waals surface area contributed by atoms with Crippen molar-refractivity contribution in [2.75, 3.05) is 9.80 Å². The predicted octanol–water partition coefficient (Wildman–Crippen LogP) is 16.7. The number of nitrogens with zero attached hydrogens (tertiary/aromatic N) is 2. The Morgan fingerprint density at radius 3 is 1.37 bits per heavy atom. The van der Waals surface area contributed by atoms with Crippen LogP contribution in [0.3, 0.4) is 0 Å². The first-order valence-electron chi connectivity index (χ1n) is 20.2. The Balaban J connectivity index is 1.12. The summed E-state index contributed by atoms with van der Waals surface area (Å²) in [7, 11) is 0. The van der Waals surface area contributed by atoms with Gasteiger partial charge in [-0.3, -0.25) is 0 Å². The van der Waals surface area contributed by atoms with Crippen molar-refractivity contribution in [1.82, 2.24) is 0 Å². The lowest BCUT2D eigenvalue weighted by Gasteiger charge is -2.30. The second-order valence-electron chi connectivity index (χ2n) is 15.4. The number of hydrogen-bond acceptors (Lipinski definition) is 3. The molecule has 0 aliphatic heterocycles. The Morgan fingerprint density at radius 1 is 0.271 bits per heavy atom. The van der Waals surface area contributed by atoms with Gasteiger partial charge in [-0.15, -0.1) is 11.3 Å². The molecule has 11 aromatic carbocycles. The summed E-state index contributed by atoms with van der Waals surface area (Å²) in [6.07, 6.45) is 0. The van der Waals surface area contributed by atoms with E-state index in [2.05, 4.69) is 228 Å². The highest BCUT2D eigenvalue weighted by Gasteiger charge is 2.21. The maximum atomic E-state index is 2.43. The Hall–Kier alpha value is -7.46. The molecule has 0 N–H and O–H groups in total. The predicted molar refractivity (Wildman–Crippen MR) is 255 cm³/mol. The van der Waals surface area contributed by atoms with Crippen LogP contribution in [0.1, 0.15) is 0 Å². The van der Waals surface area contributed by atoms with Crippen LogP contribution in [0.5, 0.6) is 0 Å². The van der Waals surface area contributed by atoms with Crippen LogP contribution >= 0.6 is 11.3 Å². The third-order valence-corrected chi connectivity index (χ3v) is 13.1. The van der Waals surface area contributed by atoms with Gasteiger partial charge in [0.25, 0.3) is 0 Å². The normalized spacial score (nSPS) is 11.7. The molecule has 12 rings (SSSR count). The molecule has 0 aliphatic carbocycles. The van der Waals surface area contributed by atoms with Crippen molar-refractivity contribution in [2.24, 2.45) is 0 Å². The fraction of sp³-hybridized carbons (Fsp3) is 0. The van der Waals surface area contributed by atoms with Gasteiger partial charge in [0.1, 0.15) is 0 Å². The lowest BCUT2D eigenvalue weighted by atomic mass is 9.93. The molecule has 0 fully saturated rings. The molecule has 0 atom stereocenters. The van der Waals surface area contributed by atoms with E-state index in [0.717, 1.165) is 39.7 Å². The van der Waals surface area contributed by atoms with Crippen molar-refractivity contribution in [2.45, 2.75) is 0 Å². The molecule has 276 valence electrons. The number of benzene rings is 11. The van der Waals surface area contributed by atoms with Gasteiger partial charge in [-0.05, 0) is 127 Å². The first kappa shape index (κ1) is 33.7. The molecule has 0 spiro atoms. The Labute approximate surface area is 346 Å². The van der Waals surface area contributed by atoms with Gasteiger partial charge in [0.15, 0.2) is 0 Å². The van der Waals surface area contributed by atoms with E-state index in [1.165, 1.54) is 68.8 Å². The molecule has 0 radical (unpaired) electrons. The summed E-state index contributed by atoms with van der Waals surface area (Å²) in [5.41, 5.74) is 8.90. The zero-order valence-electron chi connectivity index (χ0n) is 32.1. The second kappa shape index (κ2) is 13.6. The van der Waals surface area contributed by atoms with Gasteiger partial charge in [-0.2, -0.15) is 0 Å². The van der Waals surface area contributed by atoms with E-state index in [1.807, 2.05) is 11.3 Å². The van der Waals surface area contributed by atoms with Crippen molar-refractivity contribution < 1.29 is 0 Å². The van der Waals surface area contributed by atoms with E-state index in [1.54, 1.807) is 0 Å². The zero-order valence-corrected chi connectivity index (χ0v) is 32.9. The number of hydrogen-bond donors (Lipinski definition) is 0. The van der Waals surface area contributed by atoms with Crippen molar-refractivity contribution in [3.63, 3.8) is 0 Å². The number of rotatable bonds is 7. The van der Waals surface area contributed by atoms with Gasteiger partial charge in [0.2, 0.25) is 0 Å². The first-order valence-corrected chi connectivity index (χ1v) is 21.0. The second-order valence-corrected chi connectivity index (χ2v) is 16.4. The number of anilines is 6. The quantitative estimate of drug-likeness (QED) is 0.149. The van der Waals surface area contributed by atoms with E-state index in [-0.39, 0.29) is 0 Å². The van der Waals surface area contributed by atoms with Crippen molar-refractivity contribution in [3.05, 3.63) is 218 Å². The van der Waals surface area contributed by atoms with E-state index >= 15 is 0 Å². The minimum absolute atomic E-state index is 1.08. The van der Waals surface area contributed by atoms with Gasteiger partial charge in [0, 0.05) is 54.3 Å². The summed E-state index contributed by atoms with van der Waals surface area (Å²) in [4.78, 5) is 4.81. The average molecular weight is 769 g/mol. The van der Waals surface area contributed by atoms with Gasteiger partial charge in [-0.25, -0.2) is 0 Å². The van der Waals surface area contributed by atoms with Crippen LogP contribution in [0.4, 0.5) is 34.1 Å². The van der Waals surface area contributed by atoms with Crippen LogP contribution in [0.2, 0.25) is 0 Å². The number of fused-ring (bicyclic) bond motifs is 5. The largest absolute Gasteiger partial charge is 0.310 e. The van der Waals surface area contributed by atoms with Crippen LogP contribution in [-0.2, 0) is 0 Å².